The molecule has 0 radical (unpaired) electrons. The second-order valence-electron chi connectivity index (χ2n) is 11.8. The van der Waals surface area contributed by atoms with E-state index in [9.17, 15) is 0 Å². The number of fused-ring (bicyclic) bond motifs is 6. The number of nitrogens with zero attached hydrogens (tertiary/aromatic N) is 1. The number of nitrogens with one attached hydrogen (secondary N) is 1. The SMILES string of the molecule is C1=CNCC(c2cccc3oc4cc(-c5ccc(N(c6ccccc6)c6ccc7ccccc7c6)cc5)c5ccccc5c4c23)=C1. The first kappa shape index (κ1) is 26.4. The molecule has 1 aromatic heterocycles. The van der Waals surface area contributed by atoms with Crippen LogP contribution < -0.4 is 10.2 Å². The van der Waals surface area contributed by atoms with E-state index < -0.39 is 0 Å². The Bertz CT molecular complexity index is 2470. The first-order valence-corrected chi connectivity index (χ1v) is 15.7. The number of dihydropyridines is 1. The predicted molar refractivity (Wildman–Crippen MR) is 194 cm³/mol. The Morgan fingerprint density at radius 3 is 2.09 bits per heavy atom. The van der Waals surface area contributed by atoms with Gasteiger partial charge in [0, 0.05) is 34.4 Å². The molecule has 0 unspecified atom stereocenters. The summed E-state index contributed by atoms with van der Waals surface area (Å²) in [5, 5.41) is 10.6. The summed E-state index contributed by atoms with van der Waals surface area (Å²) >= 11 is 0. The molecule has 0 spiro atoms. The van der Waals surface area contributed by atoms with Gasteiger partial charge in [-0.05, 0) is 105 Å². The minimum atomic E-state index is 0.795. The quantitative estimate of drug-likeness (QED) is 0.216. The maximum atomic E-state index is 6.59. The van der Waals surface area contributed by atoms with Gasteiger partial charge in [-0.15, -0.1) is 0 Å². The van der Waals surface area contributed by atoms with Crippen LogP contribution in [0.5, 0.6) is 0 Å². The Morgan fingerprint density at radius 2 is 1.26 bits per heavy atom. The van der Waals surface area contributed by atoms with Crippen molar-refractivity contribution in [3.05, 3.63) is 170 Å². The number of anilines is 3. The summed E-state index contributed by atoms with van der Waals surface area (Å²) in [4.78, 5) is 2.32. The molecule has 1 aliphatic heterocycles. The summed E-state index contributed by atoms with van der Waals surface area (Å²) < 4.78 is 6.59. The second kappa shape index (κ2) is 10.8. The molecule has 9 rings (SSSR count). The molecule has 0 fully saturated rings. The predicted octanol–water partition coefficient (Wildman–Crippen LogP) is 11.5. The summed E-state index contributed by atoms with van der Waals surface area (Å²) in [5.74, 6) is 0. The number of benzene rings is 7. The van der Waals surface area contributed by atoms with Crippen molar-refractivity contribution in [1.82, 2.24) is 5.32 Å². The maximum Gasteiger partial charge on any atom is 0.136 e. The van der Waals surface area contributed by atoms with E-state index in [-0.39, 0.29) is 0 Å². The number of hydrogen-bond acceptors (Lipinski definition) is 3. The molecule has 0 bridgehead atoms. The molecule has 1 N–H and O–H groups in total. The minimum Gasteiger partial charge on any atom is -0.456 e. The molecule has 7 aromatic carbocycles. The van der Waals surface area contributed by atoms with Gasteiger partial charge in [-0.25, -0.2) is 0 Å². The van der Waals surface area contributed by atoms with Gasteiger partial charge in [-0.1, -0.05) is 103 Å². The van der Waals surface area contributed by atoms with E-state index in [1.807, 2.05) is 6.20 Å². The monoisotopic (exact) mass is 590 g/mol. The van der Waals surface area contributed by atoms with Crippen LogP contribution in [0.25, 0.3) is 60.2 Å². The second-order valence-corrected chi connectivity index (χ2v) is 11.8. The van der Waals surface area contributed by atoms with Crippen molar-refractivity contribution >= 4 is 66.1 Å². The summed E-state index contributed by atoms with van der Waals surface area (Å²) in [5.41, 5.74) is 9.95. The van der Waals surface area contributed by atoms with Gasteiger partial charge in [0.05, 0.1) is 0 Å². The summed E-state index contributed by atoms with van der Waals surface area (Å²) in [6.45, 7) is 0.795. The van der Waals surface area contributed by atoms with Crippen LogP contribution in [0.2, 0.25) is 0 Å². The molecule has 0 amide bonds. The molecule has 0 saturated carbocycles. The Balaban J connectivity index is 1.19. The van der Waals surface area contributed by atoms with Crippen molar-refractivity contribution in [2.45, 2.75) is 0 Å². The van der Waals surface area contributed by atoms with Crippen LogP contribution in [0.4, 0.5) is 17.1 Å². The molecule has 0 atom stereocenters. The standard InChI is InChI=1S/C43H30N2O/c1-2-13-33(14-3-1)45(35-24-19-29-10-4-5-11-31(29)26-35)34-22-20-30(21-23-34)39-27-41-43(38-16-7-6-15-37(38)39)42-36(17-8-18-40(42)46-41)32-12-9-25-44-28-32/h1-27,44H,28H2. The number of furan rings is 1. The van der Waals surface area contributed by atoms with Crippen LogP contribution in [0.1, 0.15) is 5.56 Å². The topological polar surface area (TPSA) is 28.4 Å². The summed E-state index contributed by atoms with van der Waals surface area (Å²) in [6.07, 6.45) is 6.25. The Kier molecular flexibility index (Phi) is 6.20. The fourth-order valence-corrected chi connectivity index (χ4v) is 6.96. The van der Waals surface area contributed by atoms with E-state index in [4.69, 9.17) is 4.42 Å². The van der Waals surface area contributed by atoms with E-state index >= 15 is 0 Å². The van der Waals surface area contributed by atoms with Gasteiger partial charge < -0.3 is 14.6 Å². The molecular formula is C43H30N2O. The van der Waals surface area contributed by atoms with Gasteiger partial charge >= 0.3 is 0 Å². The fraction of sp³-hybridized carbons (Fsp3) is 0.0233. The average molecular weight is 591 g/mol. The number of hydrogen-bond donors (Lipinski definition) is 1. The third-order valence-corrected chi connectivity index (χ3v) is 9.10. The van der Waals surface area contributed by atoms with Crippen LogP contribution in [-0.4, -0.2) is 6.54 Å². The molecule has 218 valence electrons. The van der Waals surface area contributed by atoms with E-state index in [0.717, 1.165) is 45.9 Å². The zero-order valence-electron chi connectivity index (χ0n) is 25.2. The molecule has 0 aliphatic carbocycles. The van der Waals surface area contributed by atoms with Gasteiger partial charge in [0.25, 0.3) is 0 Å². The molecule has 3 heteroatoms. The van der Waals surface area contributed by atoms with Crippen molar-refractivity contribution in [3.63, 3.8) is 0 Å². The number of para-hydroxylation sites is 1. The van der Waals surface area contributed by atoms with Crippen molar-refractivity contribution in [1.29, 1.82) is 0 Å². The molecule has 8 aromatic rings. The number of rotatable bonds is 5. The van der Waals surface area contributed by atoms with E-state index in [1.54, 1.807) is 0 Å². The number of allylic oxidation sites excluding steroid dienone is 2. The Labute approximate surface area is 267 Å². The van der Waals surface area contributed by atoms with Crippen LogP contribution in [0, 0.1) is 0 Å². The van der Waals surface area contributed by atoms with Crippen molar-refractivity contribution in [2.75, 3.05) is 11.4 Å². The highest BCUT2D eigenvalue weighted by Crippen LogP contribution is 2.43. The normalized spacial score (nSPS) is 12.9. The molecule has 1 aliphatic rings. The lowest BCUT2D eigenvalue weighted by Crippen LogP contribution is -2.11. The summed E-state index contributed by atoms with van der Waals surface area (Å²) in [7, 11) is 0. The minimum absolute atomic E-state index is 0.795. The third kappa shape index (κ3) is 4.36. The van der Waals surface area contributed by atoms with Crippen molar-refractivity contribution in [2.24, 2.45) is 0 Å². The summed E-state index contributed by atoms with van der Waals surface area (Å²) in [6, 6.07) is 52.0. The highest BCUT2D eigenvalue weighted by Gasteiger charge is 2.19. The maximum absolute atomic E-state index is 6.59. The Morgan fingerprint density at radius 1 is 0.522 bits per heavy atom. The first-order chi connectivity index (χ1) is 22.8. The molecule has 3 nitrogen and oxygen atoms in total. The molecule has 2 heterocycles. The van der Waals surface area contributed by atoms with Crippen molar-refractivity contribution in [3.8, 4) is 11.1 Å². The Hall–Kier alpha value is -6.06. The zero-order chi connectivity index (χ0) is 30.5. The van der Waals surface area contributed by atoms with Crippen LogP contribution >= 0.6 is 0 Å². The van der Waals surface area contributed by atoms with Gasteiger partial charge in [0.15, 0.2) is 0 Å². The highest BCUT2D eigenvalue weighted by atomic mass is 16.3. The molecular weight excluding hydrogens is 560 g/mol. The lowest BCUT2D eigenvalue weighted by atomic mass is 9.92. The molecule has 0 saturated heterocycles. The fourth-order valence-electron chi connectivity index (χ4n) is 6.96. The van der Waals surface area contributed by atoms with Gasteiger partial charge in [-0.2, -0.15) is 0 Å². The smallest absolute Gasteiger partial charge is 0.136 e. The van der Waals surface area contributed by atoms with E-state index in [1.165, 1.54) is 43.5 Å². The van der Waals surface area contributed by atoms with Gasteiger partial charge in [0.1, 0.15) is 11.2 Å². The highest BCUT2D eigenvalue weighted by molar-refractivity contribution is 6.24. The van der Waals surface area contributed by atoms with Crippen molar-refractivity contribution < 1.29 is 4.42 Å². The largest absolute Gasteiger partial charge is 0.456 e. The lowest BCUT2D eigenvalue weighted by molar-refractivity contribution is 0.669. The average Bonchev–Trinajstić information content (AvgIpc) is 3.52. The van der Waals surface area contributed by atoms with E-state index in [2.05, 4.69) is 168 Å². The van der Waals surface area contributed by atoms with Crippen LogP contribution in [0.15, 0.2) is 168 Å². The lowest BCUT2D eigenvalue weighted by Gasteiger charge is -2.26. The van der Waals surface area contributed by atoms with E-state index in [0.29, 0.717) is 0 Å². The van der Waals surface area contributed by atoms with Crippen LogP contribution in [-0.2, 0) is 0 Å². The van der Waals surface area contributed by atoms with Gasteiger partial charge in [-0.3, -0.25) is 0 Å². The first-order valence-electron chi connectivity index (χ1n) is 15.7. The van der Waals surface area contributed by atoms with Gasteiger partial charge in [0.2, 0.25) is 0 Å². The van der Waals surface area contributed by atoms with Crippen LogP contribution in [0.3, 0.4) is 0 Å². The molecule has 46 heavy (non-hydrogen) atoms. The third-order valence-electron chi connectivity index (χ3n) is 9.10. The zero-order valence-corrected chi connectivity index (χ0v) is 25.2.